The quantitative estimate of drug-likeness (QED) is 0.375. The van der Waals surface area contributed by atoms with Crippen LogP contribution in [0.1, 0.15) is 42.7 Å². The summed E-state index contributed by atoms with van der Waals surface area (Å²) in [6.45, 7) is 8.55. The molecule has 1 fully saturated rings. The minimum atomic E-state index is -0.304. The Morgan fingerprint density at radius 2 is 1.82 bits per heavy atom. The van der Waals surface area contributed by atoms with Crippen LogP contribution in [0.5, 0.6) is 0 Å². The molecule has 3 aromatic rings. The lowest BCUT2D eigenvalue weighted by Gasteiger charge is -2.39. The molecule has 1 amide bonds. The van der Waals surface area contributed by atoms with Crippen LogP contribution in [0, 0.1) is 0 Å². The molecule has 0 unspecified atom stereocenters. The van der Waals surface area contributed by atoms with E-state index >= 15 is 0 Å². The second kappa shape index (κ2) is 12.0. The van der Waals surface area contributed by atoms with Gasteiger partial charge in [-0.3, -0.25) is 4.79 Å². The minimum Gasteiger partial charge on any atom is -0.371 e. The molecule has 39 heavy (non-hydrogen) atoms. The molecule has 206 valence electrons. The standard InChI is InChI=1S/C29H35Cl2N7O/c1-19(2)36(3)23-10-13-37(14-11-23)24-7-5-22(6-8-24)33-29(39)26-17-27-28(35-34-26)32-12-15-38(27)18-20-16-21(30)4-9-25(20)31/h4-9,16-17,19,23H,10-15,18H2,1-3H3,(H,32,35)(H,33,39). The number of anilines is 4. The van der Waals surface area contributed by atoms with E-state index < -0.39 is 0 Å². The van der Waals surface area contributed by atoms with Crippen LogP contribution in [-0.2, 0) is 6.54 Å². The summed E-state index contributed by atoms with van der Waals surface area (Å²) in [4.78, 5) is 20.1. The number of hydrogen-bond acceptors (Lipinski definition) is 7. The van der Waals surface area contributed by atoms with Crippen LogP contribution in [-0.4, -0.2) is 66.3 Å². The first-order valence-electron chi connectivity index (χ1n) is 13.5. The number of fused-ring (bicyclic) bond motifs is 1. The van der Waals surface area contributed by atoms with E-state index in [0.717, 1.165) is 49.4 Å². The maximum absolute atomic E-state index is 13.1. The Balaban J connectivity index is 1.23. The molecule has 0 atom stereocenters. The first-order chi connectivity index (χ1) is 18.8. The molecule has 0 spiro atoms. The van der Waals surface area contributed by atoms with Crippen molar-refractivity contribution < 1.29 is 4.79 Å². The van der Waals surface area contributed by atoms with Crippen LogP contribution in [0.25, 0.3) is 0 Å². The summed E-state index contributed by atoms with van der Waals surface area (Å²) >= 11 is 12.6. The Morgan fingerprint density at radius 3 is 2.54 bits per heavy atom. The van der Waals surface area contributed by atoms with Crippen LogP contribution in [0.3, 0.4) is 0 Å². The minimum absolute atomic E-state index is 0.250. The van der Waals surface area contributed by atoms with E-state index in [2.05, 4.69) is 68.6 Å². The number of amides is 1. The summed E-state index contributed by atoms with van der Waals surface area (Å²) in [5.74, 6) is 0.338. The van der Waals surface area contributed by atoms with Crippen LogP contribution in [0.2, 0.25) is 10.0 Å². The molecular weight excluding hydrogens is 533 g/mol. The van der Waals surface area contributed by atoms with Gasteiger partial charge >= 0.3 is 0 Å². The Labute approximate surface area is 240 Å². The number of nitrogens with zero attached hydrogens (tertiary/aromatic N) is 5. The van der Waals surface area contributed by atoms with Crippen molar-refractivity contribution in [3.63, 3.8) is 0 Å². The third kappa shape index (κ3) is 6.40. The average Bonchev–Trinajstić information content (AvgIpc) is 2.95. The predicted molar refractivity (Wildman–Crippen MR) is 161 cm³/mol. The molecule has 0 saturated carbocycles. The maximum Gasteiger partial charge on any atom is 0.276 e. The van der Waals surface area contributed by atoms with E-state index in [1.165, 1.54) is 5.69 Å². The second-order valence-corrected chi connectivity index (χ2v) is 11.4. The predicted octanol–water partition coefficient (Wildman–Crippen LogP) is 5.78. The number of benzene rings is 2. The van der Waals surface area contributed by atoms with Crippen LogP contribution in [0.4, 0.5) is 22.9 Å². The van der Waals surface area contributed by atoms with E-state index in [0.29, 0.717) is 41.0 Å². The highest BCUT2D eigenvalue weighted by atomic mass is 35.5. The van der Waals surface area contributed by atoms with Gasteiger partial charge in [0.1, 0.15) is 0 Å². The summed E-state index contributed by atoms with van der Waals surface area (Å²) in [5.41, 5.74) is 3.86. The molecule has 0 bridgehead atoms. The molecule has 1 saturated heterocycles. The zero-order valence-electron chi connectivity index (χ0n) is 22.6. The largest absolute Gasteiger partial charge is 0.371 e. The number of carbonyl (C=O) groups is 1. The summed E-state index contributed by atoms with van der Waals surface area (Å²) < 4.78 is 0. The van der Waals surface area contributed by atoms with Gasteiger partial charge < -0.3 is 25.3 Å². The Bertz CT molecular complexity index is 1310. The van der Waals surface area contributed by atoms with Crippen LogP contribution < -0.4 is 20.4 Å². The topological polar surface area (TPSA) is 76.6 Å². The third-order valence-electron chi connectivity index (χ3n) is 7.74. The molecule has 2 aliphatic rings. The second-order valence-electron chi connectivity index (χ2n) is 10.5. The van der Waals surface area contributed by atoms with Gasteiger partial charge in [0, 0.05) is 66.2 Å². The van der Waals surface area contributed by atoms with Gasteiger partial charge in [0.25, 0.3) is 5.91 Å². The summed E-state index contributed by atoms with van der Waals surface area (Å²) in [5, 5.41) is 16.0. The first-order valence-corrected chi connectivity index (χ1v) is 14.2. The van der Waals surface area contributed by atoms with E-state index in [4.69, 9.17) is 23.2 Å². The normalized spacial score (nSPS) is 15.9. The van der Waals surface area contributed by atoms with Gasteiger partial charge in [-0.15, -0.1) is 10.2 Å². The number of halogens is 2. The van der Waals surface area contributed by atoms with Crippen molar-refractivity contribution in [2.45, 2.75) is 45.3 Å². The summed E-state index contributed by atoms with van der Waals surface area (Å²) in [6.07, 6.45) is 2.30. The Morgan fingerprint density at radius 1 is 1.08 bits per heavy atom. The summed E-state index contributed by atoms with van der Waals surface area (Å²) in [6, 6.07) is 16.4. The lowest BCUT2D eigenvalue weighted by molar-refractivity contribution is 0.102. The van der Waals surface area contributed by atoms with Crippen LogP contribution >= 0.6 is 23.2 Å². The van der Waals surface area contributed by atoms with Gasteiger partial charge in [-0.25, -0.2) is 0 Å². The zero-order valence-corrected chi connectivity index (χ0v) is 24.1. The number of piperidine rings is 1. The van der Waals surface area contributed by atoms with Gasteiger partial charge in [-0.2, -0.15) is 0 Å². The lowest BCUT2D eigenvalue weighted by Crippen LogP contribution is -2.45. The number of hydrogen-bond donors (Lipinski definition) is 2. The highest BCUT2D eigenvalue weighted by Crippen LogP contribution is 2.31. The maximum atomic E-state index is 13.1. The van der Waals surface area contributed by atoms with Crippen molar-refractivity contribution in [3.8, 4) is 0 Å². The molecule has 10 heteroatoms. The van der Waals surface area contributed by atoms with E-state index in [1.807, 2.05) is 18.2 Å². The highest BCUT2D eigenvalue weighted by molar-refractivity contribution is 6.33. The Kier molecular flexibility index (Phi) is 8.45. The van der Waals surface area contributed by atoms with E-state index in [-0.39, 0.29) is 11.6 Å². The molecule has 2 N–H and O–H groups in total. The van der Waals surface area contributed by atoms with Crippen molar-refractivity contribution in [3.05, 3.63) is 69.8 Å². The monoisotopic (exact) mass is 567 g/mol. The van der Waals surface area contributed by atoms with Crippen molar-refractivity contribution in [1.82, 2.24) is 15.1 Å². The fourth-order valence-corrected chi connectivity index (χ4v) is 5.60. The Hall–Kier alpha value is -3.07. The molecule has 2 aromatic carbocycles. The van der Waals surface area contributed by atoms with Crippen molar-refractivity contribution in [2.75, 3.05) is 53.7 Å². The number of carbonyl (C=O) groups excluding carboxylic acids is 1. The number of aromatic nitrogens is 2. The van der Waals surface area contributed by atoms with Gasteiger partial charge in [-0.05, 0) is 87.8 Å². The first kappa shape index (κ1) is 27.5. The molecule has 2 aliphatic heterocycles. The molecule has 0 aliphatic carbocycles. The SMILES string of the molecule is CC(C)N(C)C1CCN(c2ccc(NC(=O)c3cc4c(nn3)NCCN4Cc3cc(Cl)ccc3Cl)cc2)CC1. The fourth-order valence-electron chi connectivity index (χ4n) is 5.23. The molecule has 8 nitrogen and oxygen atoms in total. The molecular formula is C29H35Cl2N7O. The number of rotatable bonds is 7. The number of nitrogens with one attached hydrogen (secondary N) is 2. The van der Waals surface area contributed by atoms with E-state index in [1.54, 1.807) is 18.2 Å². The smallest absolute Gasteiger partial charge is 0.276 e. The molecule has 0 radical (unpaired) electrons. The van der Waals surface area contributed by atoms with Gasteiger partial charge in [-0.1, -0.05) is 23.2 Å². The highest BCUT2D eigenvalue weighted by Gasteiger charge is 2.25. The van der Waals surface area contributed by atoms with Gasteiger partial charge in [0.05, 0.1) is 5.69 Å². The third-order valence-corrected chi connectivity index (χ3v) is 8.34. The van der Waals surface area contributed by atoms with Crippen molar-refractivity contribution in [2.24, 2.45) is 0 Å². The lowest BCUT2D eigenvalue weighted by atomic mass is 10.0. The molecule has 5 rings (SSSR count). The van der Waals surface area contributed by atoms with Crippen LogP contribution in [0.15, 0.2) is 48.5 Å². The average molecular weight is 569 g/mol. The summed E-state index contributed by atoms with van der Waals surface area (Å²) in [7, 11) is 2.22. The molecule has 1 aromatic heterocycles. The van der Waals surface area contributed by atoms with Crippen molar-refractivity contribution in [1.29, 1.82) is 0 Å². The fraction of sp³-hybridized carbons (Fsp3) is 0.414. The van der Waals surface area contributed by atoms with E-state index in [9.17, 15) is 4.79 Å². The zero-order chi connectivity index (χ0) is 27.5. The van der Waals surface area contributed by atoms with Crippen molar-refractivity contribution >= 4 is 52.0 Å². The van der Waals surface area contributed by atoms with Gasteiger partial charge in [0.15, 0.2) is 11.5 Å². The molecule has 3 heterocycles. The van der Waals surface area contributed by atoms with Gasteiger partial charge in [0.2, 0.25) is 0 Å².